The first-order valence-corrected chi connectivity index (χ1v) is 6.68. The van der Waals surface area contributed by atoms with Gasteiger partial charge in [-0.15, -0.1) is 0 Å². The molecular formula is C13H17BrFNO. The normalized spacial score (nSPS) is 24.9. The number of hydrogen-bond donors (Lipinski definition) is 1. The number of halogens is 2. The van der Waals surface area contributed by atoms with Gasteiger partial charge in [-0.05, 0) is 43.7 Å². The second-order valence-corrected chi connectivity index (χ2v) is 5.42. The minimum atomic E-state index is -0.188. The van der Waals surface area contributed by atoms with Crippen LogP contribution >= 0.6 is 15.9 Å². The van der Waals surface area contributed by atoms with Crippen LogP contribution in [0.25, 0.3) is 0 Å². The fraction of sp³-hybridized carbons (Fsp3) is 0.538. The Morgan fingerprint density at radius 3 is 3.00 bits per heavy atom. The average Bonchev–Trinajstić information content (AvgIpc) is 2.28. The van der Waals surface area contributed by atoms with E-state index in [-0.39, 0.29) is 5.82 Å². The Bertz CT molecular complexity index is 365. The lowest BCUT2D eigenvalue weighted by Crippen LogP contribution is -2.41. The van der Waals surface area contributed by atoms with Gasteiger partial charge in [0.2, 0.25) is 0 Å². The maximum atomic E-state index is 13.3. The van der Waals surface area contributed by atoms with Crippen LogP contribution in [0.3, 0.4) is 0 Å². The van der Waals surface area contributed by atoms with E-state index in [0.717, 1.165) is 36.1 Å². The predicted octanol–water partition coefficient (Wildman–Crippen LogP) is 2.76. The Balaban J connectivity index is 2.08. The van der Waals surface area contributed by atoms with Crippen molar-refractivity contribution in [2.45, 2.75) is 18.9 Å². The quantitative estimate of drug-likeness (QED) is 0.927. The van der Waals surface area contributed by atoms with Gasteiger partial charge in [-0.3, -0.25) is 0 Å². The molecule has 2 unspecified atom stereocenters. The minimum Gasteiger partial charge on any atom is -0.381 e. The maximum Gasteiger partial charge on any atom is 0.124 e. The van der Waals surface area contributed by atoms with Crippen molar-refractivity contribution in [1.82, 2.24) is 5.32 Å². The molecule has 0 amide bonds. The van der Waals surface area contributed by atoms with E-state index in [0.29, 0.717) is 12.0 Å². The summed E-state index contributed by atoms with van der Waals surface area (Å²) in [5.74, 6) is 0.231. The highest BCUT2D eigenvalue weighted by atomic mass is 79.9. The van der Waals surface area contributed by atoms with Crippen molar-refractivity contribution < 1.29 is 9.13 Å². The first kappa shape index (κ1) is 13.0. The molecule has 0 saturated carbocycles. The Morgan fingerprint density at radius 1 is 1.47 bits per heavy atom. The minimum absolute atomic E-state index is 0.188. The largest absolute Gasteiger partial charge is 0.381 e. The Morgan fingerprint density at radius 2 is 2.29 bits per heavy atom. The third-order valence-corrected chi connectivity index (χ3v) is 3.72. The van der Waals surface area contributed by atoms with Crippen LogP contribution in [0, 0.1) is 11.7 Å². The van der Waals surface area contributed by atoms with Gasteiger partial charge in [0.1, 0.15) is 5.82 Å². The molecule has 1 aromatic carbocycles. The molecule has 1 saturated heterocycles. The van der Waals surface area contributed by atoms with Gasteiger partial charge in [-0.2, -0.15) is 0 Å². The molecule has 2 nitrogen and oxygen atoms in total. The smallest absolute Gasteiger partial charge is 0.124 e. The van der Waals surface area contributed by atoms with Crippen molar-refractivity contribution >= 4 is 15.9 Å². The standard InChI is InChI=1S/C13H17BrFNO/c1-16-13-2-3-17-8-10(13)4-9-5-11(14)7-12(15)6-9/h5-7,10,13,16H,2-4,8H2,1H3. The van der Waals surface area contributed by atoms with Crippen LogP contribution in [-0.4, -0.2) is 26.3 Å². The lowest BCUT2D eigenvalue weighted by atomic mass is 9.89. The molecule has 1 aliphatic rings. The summed E-state index contributed by atoms with van der Waals surface area (Å²) in [6.45, 7) is 1.56. The van der Waals surface area contributed by atoms with E-state index in [1.165, 1.54) is 6.07 Å². The maximum absolute atomic E-state index is 13.3. The van der Waals surface area contributed by atoms with E-state index in [1.54, 1.807) is 6.07 Å². The fourth-order valence-electron chi connectivity index (χ4n) is 2.41. The van der Waals surface area contributed by atoms with Crippen molar-refractivity contribution in [3.63, 3.8) is 0 Å². The summed E-state index contributed by atoms with van der Waals surface area (Å²) in [4.78, 5) is 0. The lowest BCUT2D eigenvalue weighted by Gasteiger charge is -2.31. The third-order valence-electron chi connectivity index (χ3n) is 3.27. The molecular weight excluding hydrogens is 285 g/mol. The number of ether oxygens (including phenoxy) is 1. The highest BCUT2D eigenvalue weighted by Crippen LogP contribution is 2.22. The highest BCUT2D eigenvalue weighted by Gasteiger charge is 2.24. The molecule has 0 spiro atoms. The molecule has 0 aliphatic carbocycles. The van der Waals surface area contributed by atoms with Crippen LogP contribution < -0.4 is 5.32 Å². The molecule has 4 heteroatoms. The molecule has 1 aliphatic heterocycles. The van der Waals surface area contributed by atoms with Crippen LogP contribution in [0.4, 0.5) is 4.39 Å². The zero-order chi connectivity index (χ0) is 12.3. The van der Waals surface area contributed by atoms with Gasteiger partial charge < -0.3 is 10.1 Å². The molecule has 0 radical (unpaired) electrons. The SMILES string of the molecule is CNC1CCOCC1Cc1cc(F)cc(Br)c1. The summed E-state index contributed by atoms with van der Waals surface area (Å²) in [5, 5.41) is 3.32. The van der Waals surface area contributed by atoms with Gasteiger partial charge in [0.05, 0.1) is 6.61 Å². The summed E-state index contributed by atoms with van der Waals surface area (Å²) < 4.78 is 19.6. The molecule has 2 atom stereocenters. The average molecular weight is 302 g/mol. The van der Waals surface area contributed by atoms with E-state index >= 15 is 0 Å². The van der Waals surface area contributed by atoms with Crippen LogP contribution in [0.5, 0.6) is 0 Å². The summed E-state index contributed by atoms with van der Waals surface area (Å²) in [7, 11) is 1.98. The van der Waals surface area contributed by atoms with E-state index in [1.807, 2.05) is 13.1 Å². The second-order valence-electron chi connectivity index (χ2n) is 4.50. The third kappa shape index (κ3) is 3.50. The van der Waals surface area contributed by atoms with Crippen molar-refractivity contribution in [3.8, 4) is 0 Å². The summed E-state index contributed by atoms with van der Waals surface area (Å²) >= 11 is 3.32. The molecule has 0 aromatic heterocycles. The van der Waals surface area contributed by atoms with Gasteiger partial charge in [0, 0.05) is 23.0 Å². The molecule has 1 aromatic rings. The van der Waals surface area contributed by atoms with Gasteiger partial charge in [0.15, 0.2) is 0 Å². The molecule has 1 heterocycles. The number of rotatable bonds is 3. The second kappa shape index (κ2) is 5.94. The summed E-state index contributed by atoms with van der Waals surface area (Å²) in [5.41, 5.74) is 1.02. The molecule has 2 rings (SSSR count). The van der Waals surface area contributed by atoms with Crippen molar-refractivity contribution in [2.24, 2.45) is 5.92 Å². The lowest BCUT2D eigenvalue weighted by molar-refractivity contribution is 0.0342. The first-order valence-electron chi connectivity index (χ1n) is 5.89. The number of hydrogen-bond acceptors (Lipinski definition) is 2. The Hall–Kier alpha value is -0.450. The van der Waals surface area contributed by atoms with Crippen molar-refractivity contribution in [2.75, 3.05) is 20.3 Å². The molecule has 1 N–H and O–H groups in total. The van der Waals surface area contributed by atoms with E-state index in [2.05, 4.69) is 21.2 Å². The predicted molar refractivity (Wildman–Crippen MR) is 69.6 cm³/mol. The summed E-state index contributed by atoms with van der Waals surface area (Å²) in [6, 6.07) is 5.53. The topological polar surface area (TPSA) is 21.3 Å². The van der Waals surface area contributed by atoms with E-state index < -0.39 is 0 Å². The first-order chi connectivity index (χ1) is 8.19. The zero-order valence-electron chi connectivity index (χ0n) is 9.88. The molecule has 1 fully saturated rings. The van der Waals surface area contributed by atoms with E-state index in [4.69, 9.17) is 4.74 Å². The number of nitrogens with one attached hydrogen (secondary N) is 1. The van der Waals surface area contributed by atoms with Gasteiger partial charge in [-0.1, -0.05) is 15.9 Å². The van der Waals surface area contributed by atoms with Gasteiger partial charge >= 0.3 is 0 Å². The molecule has 17 heavy (non-hydrogen) atoms. The van der Waals surface area contributed by atoms with Crippen LogP contribution in [0.15, 0.2) is 22.7 Å². The van der Waals surface area contributed by atoms with Crippen molar-refractivity contribution in [3.05, 3.63) is 34.1 Å². The Kier molecular flexibility index (Phi) is 4.54. The van der Waals surface area contributed by atoms with Gasteiger partial charge in [0.25, 0.3) is 0 Å². The van der Waals surface area contributed by atoms with Crippen molar-refractivity contribution in [1.29, 1.82) is 0 Å². The van der Waals surface area contributed by atoms with Gasteiger partial charge in [-0.25, -0.2) is 4.39 Å². The van der Waals surface area contributed by atoms with Crippen LogP contribution in [-0.2, 0) is 11.2 Å². The van der Waals surface area contributed by atoms with Crippen LogP contribution in [0.1, 0.15) is 12.0 Å². The monoisotopic (exact) mass is 301 g/mol. The highest BCUT2D eigenvalue weighted by molar-refractivity contribution is 9.10. The summed E-state index contributed by atoms with van der Waals surface area (Å²) in [6.07, 6.45) is 1.87. The number of benzene rings is 1. The van der Waals surface area contributed by atoms with Crippen LogP contribution in [0.2, 0.25) is 0 Å². The molecule has 0 bridgehead atoms. The molecule has 94 valence electrons. The van der Waals surface area contributed by atoms with E-state index in [9.17, 15) is 4.39 Å². The Labute approximate surface area is 110 Å². The zero-order valence-corrected chi connectivity index (χ0v) is 11.5. The fourth-order valence-corrected chi connectivity index (χ4v) is 2.92.